The van der Waals surface area contributed by atoms with Crippen LogP contribution in [0.5, 0.6) is 0 Å². The zero-order valence-corrected chi connectivity index (χ0v) is 7.88. The highest BCUT2D eigenvalue weighted by molar-refractivity contribution is 5.92. The van der Waals surface area contributed by atoms with Crippen LogP contribution in [0.2, 0.25) is 0 Å². The van der Waals surface area contributed by atoms with Crippen LogP contribution in [0.4, 0.5) is 0 Å². The van der Waals surface area contributed by atoms with Gasteiger partial charge in [0.25, 0.3) is 0 Å². The van der Waals surface area contributed by atoms with Crippen LogP contribution in [0.1, 0.15) is 32.6 Å². The quantitative estimate of drug-likeness (QED) is 0.647. The summed E-state index contributed by atoms with van der Waals surface area (Å²) in [6.07, 6.45) is 5.46. The molecule has 0 heterocycles. The molecule has 0 aromatic heterocycles. The number of rotatable bonds is 2. The Morgan fingerprint density at radius 1 is 1.46 bits per heavy atom. The van der Waals surface area contributed by atoms with Crippen molar-refractivity contribution in [1.82, 2.24) is 0 Å². The lowest BCUT2D eigenvalue weighted by Gasteiger charge is -2.10. The Labute approximate surface area is 78.0 Å². The number of carbonyl (C=O) groups is 2. The summed E-state index contributed by atoms with van der Waals surface area (Å²) in [6, 6.07) is 0. The van der Waals surface area contributed by atoms with Crippen LogP contribution in [0.25, 0.3) is 0 Å². The molecule has 2 rings (SSSR count). The molecule has 1 fully saturated rings. The third-order valence-electron chi connectivity index (χ3n) is 3.02. The van der Waals surface area contributed by atoms with Crippen molar-refractivity contribution in [3.63, 3.8) is 0 Å². The highest BCUT2D eigenvalue weighted by Gasteiger charge is 2.43. The molecule has 0 saturated heterocycles. The van der Waals surface area contributed by atoms with Gasteiger partial charge in [-0.15, -0.1) is 0 Å². The molecular formula is C11H14O2. The van der Waals surface area contributed by atoms with Crippen LogP contribution in [0.3, 0.4) is 0 Å². The van der Waals surface area contributed by atoms with Gasteiger partial charge in [0.2, 0.25) is 0 Å². The van der Waals surface area contributed by atoms with Gasteiger partial charge in [-0.25, -0.2) is 0 Å². The lowest BCUT2D eigenvalue weighted by atomic mass is 9.94. The summed E-state index contributed by atoms with van der Waals surface area (Å²) in [5.74, 6) is 1.18. The minimum absolute atomic E-state index is 0.233. The van der Waals surface area contributed by atoms with Crippen LogP contribution in [-0.2, 0) is 9.59 Å². The Bertz CT molecular complexity index is 288. The van der Waals surface area contributed by atoms with Gasteiger partial charge in [-0.05, 0) is 38.2 Å². The Balaban J connectivity index is 2.03. The molecule has 2 nitrogen and oxygen atoms in total. The molecule has 0 aromatic rings. The fourth-order valence-electron chi connectivity index (χ4n) is 2.16. The zero-order chi connectivity index (χ0) is 9.42. The molecule has 2 heteroatoms. The van der Waals surface area contributed by atoms with Crippen molar-refractivity contribution in [2.24, 2.45) is 11.8 Å². The van der Waals surface area contributed by atoms with Gasteiger partial charge in [0.05, 0.1) is 0 Å². The topological polar surface area (TPSA) is 34.1 Å². The first kappa shape index (κ1) is 8.67. The molecule has 0 radical (unpaired) electrons. The minimum atomic E-state index is 0.233. The van der Waals surface area contributed by atoms with Gasteiger partial charge in [0.1, 0.15) is 5.78 Å². The molecular weight excluding hydrogens is 164 g/mol. The molecule has 0 amide bonds. The van der Waals surface area contributed by atoms with Gasteiger partial charge in [0.15, 0.2) is 5.78 Å². The van der Waals surface area contributed by atoms with Crippen LogP contribution in [0.15, 0.2) is 11.6 Å². The second-order valence-corrected chi connectivity index (χ2v) is 4.10. The normalized spacial score (nSPS) is 32.7. The molecule has 2 atom stereocenters. The molecule has 2 aliphatic rings. The summed E-state index contributed by atoms with van der Waals surface area (Å²) in [5, 5.41) is 0. The number of carbonyl (C=O) groups excluding carboxylic acids is 2. The highest BCUT2D eigenvalue weighted by Crippen LogP contribution is 2.47. The Hall–Kier alpha value is -0.920. The second-order valence-electron chi connectivity index (χ2n) is 4.10. The average molecular weight is 178 g/mol. The number of hydrogen-bond acceptors (Lipinski definition) is 2. The lowest BCUT2D eigenvalue weighted by molar-refractivity contribution is -0.118. The van der Waals surface area contributed by atoms with Crippen molar-refractivity contribution in [2.75, 3.05) is 0 Å². The predicted octanol–water partition coefficient (Wildman–Crippen LogP) is 1.89. The second kappa shape index (κ2) is 3.09. The number of allylic oxidation sites excluding steroid dienone is 2. The first-order valence-corrected chi connectivity index (χ1v) is 4.92. The summed E-state index contributed by atoms with van der Waals surface area (Å²) in [5.41, 5.74) is 1.23. The van der Waals surface area contributed by atoms with Gasteiger partial charge >= 0.3 is 0 Å². The van der Waals surface area contributed by atoms with Gasteiger partial charge in [-0.3, -0.25) is 9.59 Å². The fraction of sp³-hybridized carbons (Fsp3) is 0.636. The lowest BCUT2D eigenvalue weighted by Crippen LogP contribution is -2.06. The Morgan fingerprint density at radius 2 is 2.23 bits per heavy atom. The van der Waals surface area contributed by atoms with Crippen LogP contribution < -0.4 is 0 Å². The van der Waals surface area contributed by atoms with Gasteiger partial charge in [-0.2, -0.15) is 0 Å². The summed E-state index contributed by atoms with van der Waals surface area (Å²) in [7, 11) is 0. The summed E-state index contributed by atoms with van der Waals surface area (Å²) < 4.78 is 0. The first-order valence-electron chi connectivity index (χ1n) is 4.92. The molecule has 0 bridgehead atoms. The number of hydrogen-bond donors (Lipinski definition) is 0. The maximum Gasteiger partial charge on any atom is 0.155 e. The van der Waals surface area contributed by atoms with Crippen molar-refractivity contribution >= 4 is 11.6 Å². The first-order chi connectivity index (χ1) is 6.18. The van der Waals surface area contributed by atoms with E-state index in [4.69, 9.17) is 0 Å². The van der Waals surface area contributed by atoms with Crippen LogP contribution >= 0.6 is 0 Å². The maximum absolute atomic E-state index is 11.1. The van der Waals surface area contributed by atoms with Crippen LogP contribution in [0, 0.1) is 11.8 Å². The molecule has 0 aromatic carbocycles. The Morgan fingerprint density at radius 3 is 2.77 bits per heavy atom. The van der Waals surface area contributed by atoms with E-state index in [0.717, 1.165) is 19.3 Å². The smallest absolute Gasteiger partial charge is 0.155 e. The summed E-state index contributed by atoms with van der Waals surface area (Å²) >= 11 is 0. The van der Waals surface area contributed by atoms with Gasteiger partial charge < -0.3 is 0 Å². The van der Waals surface area contributed by atoms with Crippen molar-refractivity contribution in [2.45, 2.75) is 32.6 Å². The van der Waals surface area contributed by atoms with Gasteiger partial charge in [-0.1, -0.05) is 5.57 Å². The fourth-order valence-corrected chi connectivity index (χ4v) is 2.16. The Kier molecular flexibility index (Phi) is 2.06. The third-order valence-corrected chi connectivity index (χ3v) is 3.02. The summed E-state index contributed by atoms with van der Waals surface area (Å²) in [4.78, 5) is 22.1. The van der Waals surface area contributed by atoms with Crippen molar-refractivity contribution in [1.29, 1.82) is 0 Å². The van der Waals surface area contributed by atoms with Crippen LogP contribution in [-0.4, -0.2) is 11.6 Å². The standard InChI is InChI=1S/C11H14O2/c1-7(12)10-6-11(10)8-3-2-4-9(13)5-8/h5,10-11H,2-4,6H2,1H3. The van der Waals surface area contributed by atoms with E-state index in [1.165, 1.54) is 5.57 Å². The van der Waals surface area contributed by atoms with E-state index in [-0.39, 0.29) is 17.5 Å². The van der Waals surface area contributed by atoms with Crippen molar-refractivity contribution in [3.8, 4) is 0 Å². The summed E-state index contributed by atoms with van der Waals surface area (Å²) in [6.45, 7) is 1.65. The molecule has 2 unspecified atom stereocenters. The van der Waals surface area contributed by atoms with E-state index >= 15 is 0 Å². The van der Waals surface area contributed by atoms with E-state index in [2.05, 4.69) is 0 Å². The van der Waals surface area contributed by atoms with E-state index in [0.29, 0.717) is 12.3 Å². The third kappa shape index (κ3) is 1.71. The van der Waals surface area contributed by atoms with Crippen molar-refractivity contribution < 1.29 is 9.59 Å². The van der Waals surface area contributed by atoms with E-state index in [9.17, 15) is 9.59 Å². The minimum Gasteiger partial charge on any atom is -0.300 e. The molecule has 13 heavy (non-hydrogen) atoms. The molecule has 70 valence electrons. The van der Waals surface area contributed by atoms with Gasteiger partial charge in [0, 0.05) is 12.3 Å². The van der Waals surface area contributed by atoms with E-state index in [1.54, 1.807) is 13.0 Å². The highest BCUT2D eigenvalue weighted by atomic mass is 16.1. The molecule has 0 aliphatic heterocycles. The molecule has 2 aliphatic carbocycles. The number of Topliss-reactive ketones (excluding diaryl/α,β-unsaturated/α-hetero) is 1. The predicted molar refractivity (Wildman–Crippen MR) is 49.2 cm³/mol. The monoisotopic (exact) mass is 178 g/mol. The average Bonchev–Trinajstić information content (AvgIpc) is 2.82. The zero-order valence-electron chi connectivity index (χ0n) is 7.88. The molecule has 1 saturated carbocycles. The molecule has 0 N–H and O–H groups in total. The maximum atomic E-state index is 11.1. The largest absolute Gasteiger partial charge is 0.300 e. The van der Waals surface area contributed by atoms with Crippen molar-refractivity contribution in [3.05, 3.63) is 11.6 Å². The van der Waals surface area contributed by atoms with E-state index < -0.39 is 0 Å². The molecule has 0 spiro atoms. The van der Waals surface area contributed by atoms with E-state index in [1.807, 2.05) is 0 Å². The number of ketones is 2. The SMILES string of the molecule is CC(=O)C1CC1C1=CC(=O)CCC1.